The molecule has 7 nitrogen and oxygen atoms in total. The number of rotatable bonds is 4. The molecule has 0 bridgehead atoms. The first-order valence-corrected chi connectivity index (χ1v) is 5.84. The van der Waals surface area contributed by atoms with Gasteiger partial charge in [0.2, 0.25) is 0 Å². The smallest absolute Gasteiger partial charge is 0.259 e. The number of halogens is 1. The molecule has 0 radical (unpaired) electrons. The van der Waals surface area contributed by atoms with Crippen LogP contribution in [0.3, 0.4) is 0 Å². The number of nitrogens with two attached hydrogens (primary N) is 1. The predicted octanol–water partition coefficient (Wildman–Crippen LogP) is -0.747. The lowest BCUT2D eigenvalue weighted by Gasteiger charge is -2.18. The van der Waals surface area contributed by atoms with E-state index in [1.54, 1.807) is 13.8 Å². The van der Waals surface area contributed by atoms with Gasteiger partial charge >= 0.3 is 0 Å². The highest BCUT2D eigenvalue weighted by atomic mass is 35.5. The summed E-state index contributed by atoms with van der Waals surface area (Å²) in [6, 6.07) is 0. The van der Waals surface area contributed by atoms with E-state index in [2.05, 4.69) is 15.0 Å². The summed E-state index contributed by atoms with van der Waals surface area (Å²) >= 11 is 0. The summed E-state index contributed by atoms with van der Waals surface area (Å²) in [5.74, 6) is 0. The van der Waals surface area contributed by atoms with Crippen LogP contribution in [0.25, 0.3) is 0 Å². The van der Waals surface area contributed by atoms with Crippen molar-refractivity contribution in [3.8, 4) is 0 Å². The number of nitrogens with one attached hydrogen (secondary N) is 1. The van der Waals surface area contributed by atoms with Gasteiger partial charge in [0.25, 0.3) is 10.0 Å². The van der Waals surface area contributed by atoms with Crippen LogP contribution in [0.4, 0.5) is 0 Å². The molecule has 0 fully saturated rings. The zero-order valence-corrected chi connectivity index (χ0v) is 11.0. The Hall–Kier alpha value is -0.700. The van der Waals surface area contributed by atoms with Gasteiger partial charge in [-0.05, 0) is 13.8 Å². The summed E-state index contributed by atoms with van der Waals surface area (Å²) in [6.07, 6.45) is 1.19. The summed E-state index contributed by atoms with van der Waals surface area (Å²) in [6.45, 7) is 3.62. The third-order valence-corrected chi connectivity index (χ3v) is 3.11. The van der Waals surface area contributed by atoms with Crippen molar-refractivity contribution in [2.45, 2.75) is 24.4 Å². The van der Waals surface area contributed by atoms with Gasteiger partial charge in [-0.2, -0.15) is 0 Å². The fraction of sp³-hybridized carbons (Fsp3) is 0.714. The summed E-state index contributed by atoms with van der Waals surface area (Å²) in [4.78, 5) is 0. The molecule has 0 saturated carbocycles. The van der Waals surface area contributed by atoms with Crippen LogP contribution in [0.1, 0.15) is 13.8 Å². The summed E-state index contributed by atoms with van der Waals surface area (Å²) < 4.78 is 27.0. The molecular weight excluding hydrogens is 254 g/mol. The molecule has 0 aromatic carbocycles. The quantitative estimate of drug-likeness (QED) is 0.749. The van der Waals surface area contributed by atoms with Crippen molar-refractivity contribution < 1.29 is 8.42 Å². The van der Waals surface area contributed by atoms with Crippen LogP contribution in [0, 0.1) is 0 Å². The maximum Gasteiger partial charge on any atom is 0.259 e. The number of aryl methyl sites for hydroxylation is 1. The predicted molar refractivity (Wildman–Crippen MR) is 61.7 cm³/mol. The largest absolute Gasteiger partial charge is 0.324 e. The fourth-order valence-corrected chi connectivity index (χ4v) is 2.16. The van der Waals surface area contributed by atoms with E-state index in [0.717, 1.165) is 0 Å². The molecule has 1 aromatic heterocycles. The second-order valence-corrected chi connectivity index (χ2v) is 5.72. The molecule has 3 N–H and O–H groups in total. The Balaban J connectivity index is 0.00000225. The first-order valence-electron chi connectivity index (χ1n) is 4.36. The van der Waals surface area contributed by atoms with Crippen molar-refractivity contribution in [1.82, 2.24) is 19.7 Å². The normalized spacial score (nSPS) is 12.2. The van der Waals surface area contributed by atoms with Gasteiger partial charge in [0.05, 0.1) is 6.20 Å². The van der Waals surface area contributed by atoms with E-state index in [0.29, 0.717) is 0 Å². The lowest BCUT2D eigenvalue weighted by Crippen LogP contribution is -2.45. The molecule has 0 saturated heterocycles. The van der Waals surface area contributed by atoms with Crippen molar-refractivity contribution in [2.75, 3.05) is 6.54 Å². The Bertz CT molecular complexity index is 436. The number of sulfonamides is 1. The van der Waals surface area contributed by atoms with Gasteiger partial charge in [0.1, 0.15) is 0 Å². The Morgan fingerprint density at radius 1 is 1.56 bits per heavy atom. The molecule has 9 heteroatoms. The van der Waals surface area contributed by atoms with Crippen LogP contribution < -0.4 is 10.5 Å². The minimum Gasteiger partial charge on any atom is -0.324 e. The molecule has 0 atom stereocenters. The van der Waals surface area contributed by atoms with E-state index >= 15 is 0 Å². The van der Waals surface area contributed by atoms with Crippen molar-refractivity contribution >= 4 is 22.4 Å². The number of hydrogen-bond acceptors (Lipinski definition) is 5. The first kappa shape index (κ1) is 15.3. The SMILES string of the molecule is Cl.Cn1nncc1S(=O)(=O)NCC(C)(C)N. The zero-order chi connectivity index (χ0) is 11.7. The highest BCUT2D eigenvalue weighted by Crippen LogP contribution is 2.05. The fourth-order valence-electron chi connectivity index (χ4n) is 0.879. The van der Waals surface area contributed by atoms with Crippen LogP contribution in [0.5, 0.6) is 0 Å². The van der Waals surface area contributed by atoms with Crippen LogP contribution >= 0.6 is 12.4 Å². The maximum atomic E-state index is 11.7. The van der Waals surface area contributed by atoms with Gasteiger partial charge in [0, 0.05) is 19.1 Å². The van der Waals surface area contributed by atoms with E-state index in [9.17, 15) is 8.42 Å². The van der Waals surface area contributed by atoms with Crippen molar-refractivity contribution in [2.24, 2.45) is 12.8 Å². The van der Waals surface area contributed by atoms with Crippen LogP contribution in [0.15, 0.2) is 11.2 Å². The van der Waals surface area contributed by atoms with Gasteiger partial charge in [0.15, 0.2) is 5.03 Å². The summed E-state index contributed by atoms with van der Waals surface area (Å²) in [7, 11) is -2.06. The van der Waals surface area contributed by atoms with E-state index in [-0.39, 0.29) is 24.0 Å². The standard InChI is InChI=1S/C7H15N5O2S.ClH/c1-7(2,8)5-10-15(13,14)6-4-9-11-12(6)3;/h4,10H,5,8H2,1-3H3;1H. The molecule has 0 spiro atoms. The van der Waals surface area contributed by atoms with Crippen molar-refractivity contribution in [3.05, 3.63) is 6.20 Å². The maximum absolute atomic E-state index is 11.7. The lowest BCUT2D eigenvalue weighted by molar-refractivity contribution is 0.493. The highest BCUT2D eigenvalue weighted by Gasteiger charge is 2.21. The molecule has 0 amide bonds. The Kier molecular flexibility index (Phi) is 4.86. The molecule has 0 unspecified atom stereocenters. The van der Waals surface area contributed by atoms with E-state index in [1.165, 1.54) is 17.9 Å². The minimum absolute atomic E-state index is 0. The molecule has 16 heavy (non-hydrogen) atoms. The van der Waals surface area contributed by atoms with Gasteiger partial charge < -0.3 is 5.73 Å². The molecule has 1 rings (SSSR count). The third kappa shape index (κ3) is 4.05. The van der Waals surface area contributed by atoms with E-state index in [4.69, 9.17) is 5.73 Å². The number of hydrogen-bond donors (Lipinski definition) is 2. The second kappa shape index (κ2) is 5.09. The van der Waals surface area contributed by atoms with Gasteiger partial charge in [-0.15, -0.1) is 17.5 Å². The van der Waals surface area contributed by atoms with Crippen LogP contribution in [-0.4, -0.2) is 35.5 Å². The molecule has 1 heterocycles. The van der Waals surface area contributed by atoms with Gasteiger partial charge in [-0.1, -0.05) is 5.21 Å². The Morgan fingerprint density at radius 2 is 2.12 bits per heavy atom. The molecule has 94 valence electrons. The van der Waals surface area contributed by atoms with Crippen LogP contribution in [-0.2, 0) is 17.1 Å². The average molecular weight is 270 g/mol. The topological polar surface area (TPSA) is 103 Å². The molecule has 1 aromatic rings. The van der Waals surface area contributed by atoms with Crippen molar-refractivity contribution in [3.63, 3.8) is 0 Å². The molecule has 0 aliphatic rings. The Morgan fingerprint density at radius 3 is 2.50 bits per heavy atom. The van der Waals surface area contributed by atoms with Crippen molar-refractivity contribution in [1.29, 1.82) is 0 Å². The third-order valence-electron chi connectivity index (χ3n) is 1.67. The summed E-state index contributed by atoms with van der Waals surface area (Å²) in [5.41, 5.74) is 5.07. The molecular formula is C7H16ClN5O2S. The lowest BCUT2D eigenvalue weighted by atomic mass is 10.1. The minimum atomic E-state index is -3.57. The first-order chi connectivity index (χ1) is 6.72. The molecule has 0 aliphatic heterocycles. The average Bonchev–Trinajstić information content (AvgIpc) is 2.47. The van der Waals surface area contributed by atoms with Gasteiger partial charge in [-0.25, -0.2) is 17.8 Å². The number of aromatic nitrogens is 3. The second-order valence-electron chi connectivity index (χ2n) is 4.01. The van der Waals surface area contributed by atoms with Gasteiger partial charge in [-0.3, -0.25) is 0 Å². The van der Waals surface area contributed by atoms with E-state index in [1.807, 2.05) is 0 Å². The number of nitrogens with zero attached hydrogens (tertiary/aromatic N) is 3. The van der Waals surface area contributed by atoms with Crippen LogP contribution in [0.2, 0.25) is 0 Å². The van der Waals surface area contributed by atoms with E-state index < -0.39 is 15.6 Å². The monoisotopic (exact) mass is 269 g/mol. The summed E-state index contributed by atoms with van der Waals surface area (Å²) in [5, 5.41) is 7.06. The zero-order valence-electron chi connectivity index (χ0n) is 9.34. The highest BCUT2D eigenvalue weighted by molar-refractivity contribution is 7.89. The molecule has 0 aliphatic carbocycles. The Labute approximate surface area is 101 Å².